The smallest absolute Gasteiger partial charge is 0.255 e. The molecule has 0 radical (unpaired) electrons. The van der Waals surface area contributed by atoms with Crippen molar-refractivity contribution in [2.45, 2.75) is 45.8 Å². The van der Waals surface area contributed by atoms with Gasteiger partial charge in [0.15, 0.2) is 0 Å². The third-order valence-electron chi connectivity index (χ3n) is 5.45. The molecule has 0 aromatic carbocycles. The first-order valence-corrected chi connectivity index (χ1v) is 11.0. The standard InChI is InChI=1S/C20H25N5O3S/c1-4-7-27-18-16-15(22-24-23-18)14-12-10-20(2,3)28-11-13(12)17(21-19(14)29-16)25-5-8-26-9-6-25/h4-11H2,1-3H3. The molecule has 154 valence electrons. The third kappa shape index (κ3) is 3.31. The van der Waals surface area contributed by atoms with Gasteiger partial charge in [-0.2, -0.15) is 0 Å². The first-order chi connectivity index (χ1) is 14.1. The fourth-order valence-electron chi connectivity index (χ4n) is 4.03. The van der Waals surface area contributed by atoms with E-state index in [-0.39, 0.29) is 5.60 Å². The van der Waals surface area contributed by atoms with E-state index in [0.29, 0.717) is 19.1 Å². The summed E-state index contributed by atoms with van der Waals surface area (Å²) < 4.78 is 18.5. The predicted octanol–water partition coefficient (Wildman–Crippen LogP) is 3.11. The Kier molecular flexibility index (Phi) is 4.76. The summed E-state index contributed by atoms with van der Waals surface area (Å²) in [6, 6.07) is 0. The minimum atomic E-state index is -0.236. The number of morpholine rings is 1. The molecule has 0 saturated carbocycles. The maximum atomic E-state index is 6.17. The van der Waals surface area contributed by atoms with Gasteiger partial charge in [0.1, 0.15) is 20.9 Å². The number of hydrogen-bond acceptors (Lipinski definition) is 9. The molecule has 0 unspecified atom stereocenters. The lowest BCUT2D eigenvalue weighted by atomic mass is 9.90. The highest BCUT2D eigenvalue weighted by Crippen LogP contribution is 2.44. The molecule has 5 heterocycles. The monoisotopic (exact) mass is 415 g/mol. The van der Waals surface area contributed by atoms with Crippen LogP contribution in [0.2, 0.25) is 0 Å². The van der Waals surface area contributed by atoms with Crippen LogP contribution in [0.1, 0.15) is 38.3 Å². The fraction of sp³-hybridized carbons (Fsp3) is 0.600. The average molecular weight is 416 g/mol. The van der Waals surface area contributed by atoms with Gasteiger partial charge in [-0.25, -0.2) is 4.98 Å². The first kappa shape index (κ1) is 18.9. The highest BCUT2D eigenvalue weighted by molar-refractivity contribution is 7.25. The second-order valence-corrected chi connectivity index (χ2v) is 9.12. The van der Waals surface area contributed by atoms with Crippen molar-refractivity contribution in [3.05, 3.63) is 11.1 Å². The molecule has 3 aromatic rings. The SMILES string of the molecule is CCCOc1nnnc2c1sc1nc(N3CCOCC3)c3c(c12)CC(C)(C)OC3. The lowest BCUT2D eigenvalue weighted by Gasteiger charge is -2.36. The molecule has 29 heavy (non-hydrogen) atoms. The van der Waals surface area contributed by atoms with Crippen molar-refractivity contribution in [1.29, 1.82) is 0 Å². The van der Waals surface area contributed by atoms with Gasteiger partial charge in [-0.1, -0.05) is 12.0 Å². The highest BCUT2D eigenvalue weighted by Gasteiger charge is 2.33. The minimum Gasteiger partial charge on any atom is -0.476 e. The molecule has 3 aromatic heterocycles. The Balaban J connectivity index is 1.75. The molecule has 0 amide bonds. The zero-order valence-electron chi connectivity index (χ0n) is 17.0. The largest absolute Gasteiger partial charge is 0.476 e. The quantitative estimate of drug-likeness (QED) is 0.643. The molecule has 1 saturated heterocycles. The Labute approximate surface area is 173 Å². The molecule has 2 aliphatic heterocycles. The number of fused-ring (bicyclic) bond motifs is 5. The zero-order valence-corrected chi connectivity index (χ0v) is 17.8. The molecule has 0 aliphatic carbocycles. The number of rotatable bonds is 4. The Morgan fingerprint density at radius 3 is 2.79 bits per heavy atom. The second-order valence-electron chi connectivity index (χ2n) is 8.12. The van der Waals surface area contributed by atoms with E-state index in [9.17, 15) is 0 Å². The van der Waals surface area contributed by atoms with Gasteiger partial charge in [-0.3, -0.25) is 0 Å². The van der Waals surface area contributed by atoms with Crippen molar-refractivity contribution in [2.75, 3.05) is 37.8 Å². The van der Waals surface area contributed by atoms with E-state index in [1.807, 2.05) is 0 Å². The number of pyridine rings is 1. The van der Waals surface area contributed by atoms with E-state index in [4.69, 9.17) is 19.2 Å². The summed E-state index contributed by atoms with van der Waals surface area (Å²) in [5, 5.41) is 13.6. The zero-order chi connectivity index (χ0) is 20.0. The van der Waals surface area contributed by atoms with Crippen LogP contribution in [0.15, 0.2) is 0 Å². The summed E-state index contributed by atoms with van der Waals surface area (Å²) in [5.74, 6) is 1.56. The van der Waals surface area contributed by atoms with E-state index in [0.717, 1.165) is 71.0 Å². The highest BCUT2D eigenvalue weighted by atomic mass is 32.1. The van der Waals surface area contributed by atoms with Gasteiger partial charge in [0.05, 0.1) is 32.0 Å². The number of nitrogens with zero attached hydrogens (tertiary/aromatic N) is 5. The van der Waals surface area contributed by atoms with Crippen molar-refractivity contribution in [3.63, 3.8) is 0 Å². The third-order valence-corrected chi connectivity index (χ3v) is 6.51. The van der Waals surface area contributed by atoms with E-state index in [1.165, 1.54) is 5.56 Å². The van der Waals surface area contributed by atoms with Crippen molar-refractivity contribution >= 4 is 37.6 Å². The average Bonchev–Trinajstić information content (AvgIpc) is 3.11. The van der Waals surface area contributed by atoms with Crippen LogP contribution < -0.4 is 9.64 Å². The molecule has 8 nitrogen and oxygen atoms in total. The number of hydrogen-bond donors (Lipinski definition) is 0. The Morgan fingerprint density at radius 1 is 1.17 bits per heavy atom. The van der Waals surface area contributed by atoms with E-state index in [1.54, 1.807) is 11.3 Å². The molecule has 5 rings (SSSR count). The number of aromatic nitrogens is 4. The maximum Gasteiger partial charge on any atom is 0.255 e. The molecular weight excluding hydrogens is 390 g/mol. The molecule has 0 atom stereocenters. The van der Waals surface area contributed by atoms with Crippen LogP contribution in [0.5, 0.6) is 5.88 Å². The molecule has 9 heteroatoms. The van der Waals surface area contributed by atoms with Gasteiger partial charge >= 0.3 is 0 Å². The second kappa shape index (κ2) is 7.30. The van der Waals surface area contributed by atoms with Gasteiger partial charge in [0.2, 0.25) is 0 Å². The van der Waals surface area contributed by atoms with Crippen LogP contribution in [-0.4, -0.2) is 58.9 Å². The van der Waals surface area contributed by atoms with Gasteiger partial charge in [-0.05, 0) is 31.0 Å². The van der Waals surface area contributed by atoms with Crippen molar-refractivity contribution < 1.29 is 14.2 Å². The summed E-state index contributed by atoms with van der Waals surface area (Å²) >= 11 is 1.59. The fourth-order valence-corrected chi connectivity index (χ4v) is 5.10. The molecule has 0 bridgehead atoms. The lowest BCUT2D eigenvalue weighted by molar-refractivity contribution is -0.0396. The lowest BCUT2D eigenvalue weighted by Crippen LogP contribution is -2.39. The van der Waals surface area contributed by atoms with Crippen LogP contribution in [0.4, 0.5) is 5.82 Å². The Morgan fingerprint density at radius 2 is 2.00 bits per heavy atom. The number of anilines is 1. The van der Waals surface area contributed by atoms with Crippen LogP contribution in [0.25, 0.3) is 20.4 Å². The first-order valence-electron chi connectivity index (χ1n) is 10.1. The summed E-state index contributed by atoms with van der Waals surface area (Å²) in [7, 11) is 0. The summed E-state index contributed by atoms with van der Waals surface area (Å²) in [6.07, 6.45) is 1.72. The van der Waals surface area contributed by atoms with Crippen LogP contribution >= 0.6 is 11.3 Å². The normalized spacial score (nSPS) is 18.9. The topological polar surface area (TPSA) is 82.5 Å². The maximum absolute atomic E-state index is 6.17. The van der Waals surface area contributed by atoms with Gasteiger partial charge in [0.25, 0.3) is 5.88 Å². The van der Waals surface area contributed by atoms with Gasteiger partial charge in [0, 0.05) is 30.5 Å². The molecule has 0 N–H and O–H groups in total. The van der Waals surface area contributed by atoms with Gasteiger partial charge < -0.3 is 19.1 Å². The van der Waals surface area contributed by atoms with E-state index >= 15 is 0 Å². The predicted molar refractivity (Wildman–Crippen MR) is 112 cm³/mol. The van der Waals surface area contributed by atoms with Crippen molar-refractivity contribution in [2.24, 2.45) is 0 Å². The summed E-state index contributed by atoms with van der Waals surface area (Å²) in [5.41, 5.74) is 3.02. The van der Waals surface area contributed by atoms with E-state index < -0.39 is 0 Å². The van der Waals surface area contributed by atoms with Crippen LogP contribution in [-0.2, 0) is 22.5 Å². The number of thiophene rings is 1. The summed E-state index contributed by atoms with van der Waals surface area (Å²) in [4.78, 5) is 8.35. The number of ether oxygens (including phenoxy) is 3. The van der Waals surface area contributed by atoms with E-state index in [2.05, 4.69) is 41.1 Å². The summed E-state index contributed by atoms with van der Waals surface area (Å²) in [6.45, 7) is 10.6. The van der Waals surface area contributed by atoms with Crippen LogP contribution in [0, 0.1) is 0 Å². The van der Waals surface area contributed by atoms with Crippen LogP contribution in [0.3, 0.4) is 0 Å². The van der Waals surface area contributed by atoms with Gasteiger partial charge in [-0.15, -0.1) is 16.4 Å². The molecular formula is C20H25N5O3S. The Hall–Kier alpha value is -2.10. The molecule has 2 aliphatic rings. The molecule has 1 fully saturated rings. The minimum absolute atomic E-state index is 0.236. The van der Waals surface area contributed by atoms with Crippen molar-refractivity contribution in [1.82, 2.24) is 20.4 Å². The Bertz CT molecular complexity index is 1060. The van der Waals surface area contributed by atoms with Crippen molar-refractivity contribution in [3.8, 4) is 5.88 Å². The molecule has 0 spiro atoms.